The molecule has 18 heavy (non-hydrogen) atoms. The van der Waals surface area contributed by atoms with Gasteiger partial charge >= 0.3 is 0 Å². The highest BCUT2D eigenvalue weighted by Crippen LogP contribution is 2.28. The van der Waals surface area contributed by atoms with E-state index in [1.165, 1.54) is 6.26 Å². The van der Waals surface area contributed by atoms with Crippen LogP contribution in [-0.2, 0) is 14.6 Å². The summed E-state index contributed by atoms with van der Waals surface area (Å²) in [7, 11) is -3.09. The van der Waals surface area contributed by atoms with Gasteiger partial charge in [-0.1, -0.05) is 6.07 Å². The average molecular weight is 288 g/mol. The largest absolute Gasteiger partial charge is 0.317 e. The maximum atomic E-state index is 11.9. The lowest BCUT2D eigenvalue weighted by Crippen LogP contribution is -2.41. The molecule has 0 saturated carbocycles. The number of amides is 1. The molecule has 7 heteroatoms. The number of hydrogen-bond donors (Lipinski definition) is 1. The molecule has 1 fully saturated rings. The zero-order valence-electron chi connectivity index (χ0n) is 10.3. The molecular formula is C11H16N2O3S2. The van der Waals surface area contributed by atoms with Gasteiger partial charge in [0.2, 0.25) is 5.91 Å². The number of nitrogens with zero attached hydrogens (tertiary/aromatic N) is 1. The van der Waals surface area contributed by atoms with Gasteiger partial charge in [-0.3, -0.25) is 10.1 Å². The summed E-state index contributed by atoms with van der Waals surface area (Å²) in [6.45, 7) is 2.03. The van der Waals surface area contributed by atoms with Gasteiger partial charge in [-0.05, 0) is 18.4 Å². The molecule has 1 saturated heterocycles. The Labute approximate surface area is 111 Å². The highest BCUT2D eigenvalue weighted by atomic mass is 32.2. The van der Waals surface area contributed by atoms with E-state index in [1.807, 2.05) is 17.5 Å². The molecule has 5 nitrogen and oxygen atoms in total. The van der Waals surface area contributed by atoms with Crippen molar-refractivity contribution in [3.63, 3.8) is 0 Å². The molecule has 0 spiro atoms. The standard InChI is InChI=1S/C11H16N2O3S2/c1-8(7-18(2,15)16)13-10(14)6-12-11(13)9-4-3-5-17-9/h3-5,8,11-12H,6-7H2,1-2H3. The first-order chi connectivity index (χ1) is 8.38. The Kier molecular flexibility index (Phi) is 3.74. The summed E-state index contributed by atoms with van der Waals surface area (Å²) in [6.07, 6.45) is 0.992. The Morgan fingerprint density at radius 3 is 2.89 bits per heavy atom. The van der Waals surface area contributed by atoms with Gasteiger partial charge in [0.25, 0.3) is 0 Å². The van der Waals surface area contributed by atoms with E-state index in [1.54, 1.807) is 23.2 Å². The van der Waals surface area contributed by atoms with Crippen LogP contribution in [0.5, 0.6) is 0 Å². The smallest absolute Gasteiger partial charge is 0.238 e. The number of carbonyl (C=O) groups is 1. The first-order valence-corrected chi connectivity index (χ1v) is 8.58. The molecule has 1 aliphatic rings. The van der Waals surface area contributed by atoms with Gasteiger partial charge in [-0.15, -0.1) is 11.3 Å². The third-order valence-electron chi connectivity index (χ3n) is 2.84. The van der Waals surface area contributed by atoms with Gasteiger partial charge in [0.15, 0.2) is 0 Å². The minimum absolute atomic E-state index is 0.0116. The van der Waals surface area contributed by atoms with Crippen LogP contribution >= 0.6 is 11.3 Å². The highest BCUT2D eigenvalue weighted by molar-refractivity contribution is 7.90. The molecule has 0 aliphatic carbocycles. The molecule has 2 atom stereocenters. The predicted molar refractivity (Wildman–Crippen MR) is 71.1 cm³/mol. The molecule has 0 bridgehead atoms. The summed E-state index contributed by atoms with van der Waals surface area (Å²) in [6, 6.07) is 3.54. The van der Waals surface area contributed by atoms with E-state index in [9.17, 15) is 13.2 Å². The highest BCUT2D eigenvalue weighted by Gasteiger charge is 2.36. The quantitative estimate of drug-likeness (QED) is 0.881. The number of hydrogen-bond acceptors (Lipinski definition) is 5. The fraction of sp³-hybridized carbons (Fsp3) is 0.545. The van der Waals surface area contributed by atoms with Crippen molar-refractivity contribution >= 4 is 27.1 Å². The lowest BCUT2D eigenvalue weighted by Gasteiger charge is -2.29. The molecule has 1 aromatic rings. The van der Waals surface area contributed by atoms with Gasteiger partial charge in [0, 0.05) is 17.2 Å². The minimum atomic E-state index is -3.09. The van der Waals surface area contributed by atoms with E-state index >= 15 is 0 Å². The van der Waals surface area contributed by atoms with Crippen LogP contribution in [0, 0.1) is 0 Å². The Morgan fingerprint density at radius 2 is 2.33 bits per heavy atom. The van der Waals surface area contributed by atoms with Gasteiger partial charge < -0.3 is 4.90 Å². The van der Waals surface area contributed by atoms with Crippen molar-refractivity contribution in [2.75, 3.05) is 18.6 Å². The zero-order valence-corrected chi connectivity index (χ0v) is 11.9. The molecule has 0 radical (unpaired) electrons. The van der Waals surface area contributed by atoms with E-state index in [0.29, 0.717) is 0 Å². The van der Waals surface area contributed by atoms with Gasteiger partial charge in [-0.25, -0.2) is 8.42 Å². The molecule has 1 aliphatic heterocycles. The Morgan fingerprint density at radius 1 is 1.61 bits per heavy atom. The van der Waals surface area contributed by atoms with Crippen molar-refractivity contribution in [1.82, 2.24) is 10.2 Å². The Balaban J connectivity index is 2.20. The molecule has 2 heterocycles. The number of thiophene rings is 1. The predicted octanol–water partition coefficient (Wildman–Crippen LogP) is 0.612. The van der Waals surface area contributed by atoms with E-state index in [0.717, 1.165) is 4.88 Å². The molecule has 1 amide bonds. The van der Waals surface area contributed by atoms with Gasteiger partial charge in [-0.2, -0.15) is 0 Å². The first-order valence-electron chi connectivity index (χ1n) is 5.64. The zero-order chi connectivity index (χ0) is 13.3. The summed E-state index contributed by atoms with van der Waals surface area (Å²) in [4.78, 5) is 14.5. The van der Waals surface area contributed by atoms with Crippen LogP contribution in [0.2, 0.25) is 0 Å². The van der Waals surface area contributed by atoms with Crippen LogP contribution in [0.25, 0.3) is 0 Å². The van der Waals surface area contributed by atoms with Gasteiger partial charge in [0.1, 0.15) is 16.0 Å². The van der Waals surface area contributed by atoms with Crippen molar-refractivity contribution in [1.29, 1.82) is 0 Å². The normalized spacial score (nSPS) is 22.4. The Hall–Kier alpha value is -0.920. The lowest BCUT2D eigenvalue weighted by atomic mass is 10.2. The second-order valence-electron chi connectivity index (χ2n) is 4.54. The van der Waals surface area contributed by atoms with E-state index in [-0.39, 0.29) is 30.4 Å². The molecule has 1 aromatic heterocycles. The van der Waals surface area contributed by atoms with Crippen LogP contribution in [0.3, 0.4) is 0 Å². The number of rotatable bonds is 4. The van der Waals surface area contributed by atoms with E-state index < -0.39 is 9.84 Å². The van der Waals surface area contributed by atoms with Crippen LogP contribution < -0.4 is 5.32 Å². The number of carbonyl (C=O) groups excluding carboxylic acids is 1. The SMILES string of the molecule is CC(CS(C)(=O)=O)N1C(=O)CNC1c1cccs1. The minimum Gasteiger partial charge on any atom is -0.317 e. The molecular weight excluding hydrogens is 272 g/mol. The molecule has 1 N–H and O–H groups in total. The topological polar surface area (TPSA) is 66.5 Å². The number of sulfone groups is 1. The number of nitrogens with one attached hydrogen (secondary N) is 1. The first kappa shape index (κ1) is 13.5. The average Bonchev–Trinajstić information content (AvgIpc) is 2.82. The molecule has 2 unspecified atom stereocenters. The summed E-state index contributed by atoms with van der Waals surface area (Å²) in [5, 5.41) is 5.06. The third-order valence-corrected chi connectivity index (χ3v) is 4.86. The van der Waals surface area contributed by atoms with Crippen molar-refractivity contribution in [3.05, 3.63) is 22.4 Å². The molecule has 2 rings (SSSR count). The monoisotopic (exact) mass is 288 g/mol. The summed E-state index contributed by atoms with van der Waals surface area (Å²) in [5.74, 6) is -0.0630. The maximum Gasteiger partial charge on any atom is 0.238 e. The van der Waals surface area contributed by atoms with E-state index in [2.05, 4.69) is 5.32 Å². The van der Waals surface area contributed by atoms with Crippen LogP contribution in [0.15, 0.2) is 17.5 Å². The maximum absolute atomic E-state index is 11.9. The summed E-state index contributed by atoms with van der Waals surface area (Å²) < 4.78 is 22.7. The van der Waals surface area contributed by atoms with Crippen LogP contribution in [0.1, 0.15) is 18.0 Å². The van der Waals surface area contributed by atoms with Crippen molar-refractivity contribution in [2.45, 2.75) is 19.1 Å². The fourth-order valence-electron chi connectivity index (χ4n) is 2.22. The lowest BCUT2D eigenvalue weighted by molar-refractivity contribution is -0.129. The Bertz CT molecular complexity index is 524. The van der Waals surface area contributed by atoms with Crippen LogP contribution in [0.4, 0.5) is 0 Å². The molecule has 100 valence electrons. The third kappa shape index (κ3) is 2.90. The second-order valence-corrected chi connectivity index (χ2v) is 7.71. The van der Waals surface area contributed by atoms with Crippen molar-refractivity contribution in [2.24, 2.45) is 0 Å². The second kappa shape index (κ2) is 4.99. The van der Waals surface area contributed by atoms with Crippen LogP contribution in [-0.4, -0.2) is 43.8 Å². The van der Waals surface area contributed by atoms with E-state index in [4.69, 9.17) is 0 Å². The van der Waals surface area contributed by atoms with Crippen molar-refractivity contribution in [3.8, 4) is 0 Å². The summed E-state index contributed by atoms with van der Waals surface area (Å²) in [5.41, 5.74) is 0. The van der Waals surface area contributed by atoms with Crippen molar-refractivity contribution < 1.29 is 13.2 Å². The molecule has 0 aromatic carbocycles. The fourth-order valence-corrected chi connectivity index (χ4v) is 4.05. The summed E-state index contributed by atoms with van der Waals surface area (Å²) >= 11 is 1.56. The van der Waals surface area contributed by atoms with Gasteiger partial charge in [0.05, 0.1) is 12.3 Å².